The molecule has 0 unspecified atom stereocenters. The van der Waals surface area contributed by atoms with Gasteiger partial charge < -0.3 is 28.2 Å². The van der Waals surface area contributed by atoms with Gasteiger partial charge in [-0.25, -0.2) is 4.79 Å². The summed E-state index contributed by atoms with van der Waals surface area (Å²) in [4.78, 5) is 27.8. The van der Waals surface area contributed by atoms with Gasteiger partial charge in [-0.05, 0) is 56.5 Å². The first-order valence-corrected chi connectivity index (χ1v) is 15.6. The lowest BCUT2D eigenvalue weighted by atomic mass is 10.1. The number of ether oxygens (including phenoxy) is 3. The summed E-state index contributed by atoms with van der Waals surface area (Å²) in [5.41, 5.74) is 2.95. The molecule has 43 heavy (non-hydrogen) atoms. The molecule has 4 heterocycles. The summed E-state index contributed by atoms with van der Waals surface area (Å²) >= 11 is 1.64. The Morgan fingerprint density at radius 2 is 1.72 bits per heavy atom. The fraction of sp³-hybridized carbons (Fsp3) is 0.353. The van der Waals surface area contributed by atoms with E-state index in [0.29, 0.717) is 37.5 Å². The molecule has 1 saturated heterocycles. The van der Waals surface area contributed by atoms with Crippen LogP contribution in [0.15, 0.2) is 72.2 Å². The Kier molecular flexibility index (Phi) is 7.92. The highest BCUT2D eigenvalue weighted by atomic mass is 32.1. The van der Waals surface area contributed by atoms with E-state index in [1.54, 1.807) is 16.2 Å². The van der Waals surface area contributed by atoms with Crippen LogP contribution < -0.4 is 9.47 Å². The fourth-order valence-electron chi connectivity index (χ4n) is 5.59. The minimum absolute atomic E-state index is 0.0172. The molecule has 9 heteroatoms. The van der Waals surface area contributed by atoms with Crippen molar-refractivity contribution in [3.8, 4) is 11.5 Å². The molecule has 6 rings (SSSR count). The highest BCUT2D eigenvalue weighted by molar-refractivity contribution is 7.17. The molecule has 0 N–H and O–H groups in total. The first-order valence-electron chi connectivity index (χ1n) is 14.7. The number of carbonyl (C=O) groups excluding carboxylic acids is 2. The molecule has 1 fully saturated rings. The number of para-hydroxylation sites is 1. The molecular formula is C34H37N3O5S. The van der Waals surface area contributed by atoms with Crippen LogP contribution in [0.5, 0.6) is 11.5 Å². The summed E-state index contributed by atoms with van der Waals surface area (Å²) in [7, 11) is 1.94. The van der Waals surface area contributed by atoms with Crippen molar-refractivity contribution in [2.24, 2.45) is 7.05 Å². The minimum atomic E-state index is -0.502. The van der Waals surface area contributed by atoms with Crippen LogP contribution in [0.25, 0.3) is 21.1 Å². The lowest BCUT2D eigenvalue weighted by Crippen LogP contribution is -2.44. The van der Waals surface area contributed by atoms with Gasteiger partial charge in [-0.15, -0.1) is 11.3 Å². The number of hydrogen-bond acceptors (Lipinski definition) is 6. The first-order chi connectivity index (χ1) is 20.7. The molecule has 1 amide bonds. The van der Waals surface area contributed by atoms with E-state index < -0.39 is 5.60 Å². The van der Waals surface area contributed by atoms with E-state index in [9.17, 15) is 9.59 Å². The second-order valence-electron chi connectivity index (χ2n) is 11.9. The second-order valence-corrected chi connectivity index (χ2v) is 12.9. The number of aromatic nitrogens is 2. The topological polar surface area (TPSA) is 74.9 Å². The Balaban J connectivity index is 1.07. The lowest BCUT2D eigenvalue weighted by Gasteiger charge is -2.33. The standard InChI is InChI=1S/C34H37N3O5S/c1-34(2,3)42-33(39)36-15-12-23(13-16-36)41-25-9-7-8-24(20-25)40-18-17-37-22-27(26-10-5-6-11-28(26)37)32(38)30-21-31-29(35(30)4)14-19-43-31/h5-11,14,19-23H,12-13,15-18H2,1-4H3. The van der Waals surface area contributed by atoms with Crippen molar-refractivity contribution < 1.29 is 23.8 Å². The zero-order chi connectivity index (χ0) is 30.1. The van der Waals surface area contributed by atoms with E-state index in [0.717, 1.165) is 45.5 Å². The van der Waals surface area contributed by atoms with Gasteiger partial charge in [0.1, 0.15) is 29.8 Å². The van der Waals surface area contributed by atoms with Crippen LogP contribution in [0.2, 0.25) is 0 Å². The fourth-order valence-corrected chi connectivity index (χ4v) is 6.44. The summed E-state index contributed by atoms with van der Waals surface area (Å²) in [6.07, 6.45) is 3.19. The van der Waals surface area contributed by atoms with E-state index in [4.69, 9.17) is 14.2 Å². The quantitative estimate of drug-likeness (QED) is 0.175. The number of benzene rings is 2. The van der Waals surface area contributed by atoms with Crippen LogP contribution in [0.1, 0.15) is 49.7 Å². The van der Waals surface area contributed by atoms with Gasteiger partial charge in [-0.3, -0.25) is 4.79 Å². The summed E-state index contributed by atoms with van der Waals surface area (Å²) in [5, 5.41) is 2.98. The predicted octanol–water partition coefficient (Wildman–Crippen LogP) is 7.28. The molecule has 0 spiro atoms. The predicted molar refractivity (Wildman–Crippen MR) is 170 cm³/mol. The average molecular weight is 600 g/mol. The number of nitrogens with zero attached hydrogens (tertiary/aromatic N) is 3. The Morgan fingerprint density at radius 3 is 2.49 bits per heavy atom. The van der Waals surface area contributed by atoms with Crippen molar-refractivity contribution >= 4 is 44.3 Å². The van der Waals surface area contributed by atoms with E-state index in [1.807, 2.05) is 105 Å². The van der Waals surface area contributed by atoms with Crippen molar-refractivity contribution in [2.75, 3.05) is 19.7 Å². The average Bonchev–Trinajstić information content (AvgIpc) is 3.67. The van der Waals surface area contributed by atoms with Crippen LogP contribution in [0, 0.1) is 0 Å². The third-order valence-corrected chi connectivity index (χ3v) is 8.59. The van der Waals surface area contributed by atoms with Gasteiger partial charge in [0, 0.05) is 61.7 Å². The molecule has 0 saturated carbocycles. The van der Waals surface area contributed by atoms with Crippen LogP contribution in [-0.2, 0) is 18.3 Å². The normalized spacial score (nSPS) is 14.4. The van der Waals surface area contributed by atoms with Crippen molar-refractivity contribution in [3.05, 3.63) is 83.5 Å². The number of carbonyl (C=O) groups is 2. The van der Waals surface area contributed by atoms with Gasteiger partial charge in [0.15, 0.2) is 0 Å². The number of piperidine rings is 1. The van der Waals surface area contributed by atoms with E-state index in [1.165, 1.54) is 0 Å². The molecule has 0 atom stereocenters. The number of amides is 1. The first kappa shape index (κ1) is 28.9. The molecule has 1 aliphatic rings. The van der Waals surface area contributed by atoms with Gasteiger partial charge in [-0.2, -0.15) is 0 Å². The third kappa shape index (κ3) is 6.27. The highest BCUT2D eigenvalue weighted by Gasteiger charge is 2.28. The molecule has 224 valence electrons. The number of fused-ring (bicyclic) bond motifs is 2. The molecule has 1 aliphatic heterocycles. The maximum absolute atomic E-state index is 13.7. The number of rotatable bonds is 8. The number of hydrogen-bond donors (Lipinski definition) is 0. The van der Waals surface area contributed by atoms with Crippen LogP contribution in [0.3, 0.4) is 0 Å². The molecule has 0 bridgehead atoms. The van der Waals surface area contributed by atoms with E-state index in [2.05, 4.69) is 4.57 Å². The van der Waals surface area contributed by atoms with Gasteiger partial charge in [0.05, 0.1) is 22.5 Å². The molecule has 3 aromatic heterocycles. The van der Waals surface area contributed by atoms with Crippen molar-refractivity contribution in [2.45, 2.75) is 51.9 Å². The Hall–Kier alpha value is -4.24. The van der Waals surface area contributed by atoms with Gasteiger partial charge in [-0.1, -0.05) is 24.3 Å². The molecule has 5 aromatic rings. The number of thiophene rings is 1. The molecular weight excluding hydrogens is 562 g/mol. The molecule has 2 aromatic carbocycles. The number of likely N-dealkylation sites (tertiary alicyclic amines) is 1. The zero-order valence-corrected chi connectivity index (χ0v) is 25.9. The number of ketones is 1. The maximum Gasteiger partial charge on any atom is 0.410 e. The van der Waals surface area contributed by atoms with E-state index >= 15 is 0 Å². The van der Waals surface area contributed by atoms with Gasteiger partial charge in [0.2, 0.25) is 5.78 Å². The summed E-state index contributed by atoms with van der Waals surface area (Å²) in [5.74, 6) is 1.49. The smallest absolute Gasteiger partial charge is 0.410 e. The molecule has 8 nitrogen and oxygen atoms in total. The van der Waals surface area contributed by atoms with Gasteiger partial charge in [0.25, 0.3) is 0 Å². The highest BCUT2D eigenvalue weighted by Crippen LogP contribution is 2.29. The largest absolute Gasteiger partial charge is 0.492 e. The Labute approximate surface area is 255 Å². The molecule has 0 aliphatic carbocycles. The van der Waals surface area contributed by atoms with E-state index in [-0.39, 0.29) is 18.0 Å². The SMILES string of the molecule is Cn1c(C(=O)c2cn(CCOc3cccc(OC4CCN(C(=O)OC(C)(C)C)CC4)c3)c3ccccc23)cc2sccc21. The van der Waals surface area contributed by atoms with Crippen molar-refractivity contribution in [3.63, 3.8) is 0 Å². The van der Waals surface area contributed by atoms with Crippen molar-refractivity contribution in [1.29, 1.82) is 0 Å². The van der Waals surface area contributed by atoms with Crippen LogP contribution in [0.4, 0.5) is 4.79 Å². The monoisotopic (exact) mass is 599 g/mol. The minimum Gasteiger partial charge on any atom is -0.492 e. The zero-order valence-electron chi connectivity index (χ0n) is 25.0. The van der Waals surface area contributed by atoms with Gasteiger partial charge >= 0.3 is 6.09 Å². The molecule has 0 radical (unpaired) electrons. The van der Waals surface area contributed by atoms with Crippen molar-refractivity contribution in [1.82, 2.24) is 14.0 Å². The summed E-state index contributed by atoms with van der Waals surface area (Å²) in [6, 6.07) is 19.7. The lowest BCUT2D eigenvalue weighted by molar-refractivity contribution is 0.0126. The van der Waals surface area contributed by atoms with Crippen LogP contribution in [-0.4, -0.2) is 57.3 Å². The van der Waals surface area contributed by atoms with Crippen LogP contribution >= 0.6 is 11.3 Å². The number of aryl methyl sites for hydroxylation is 1. The summed E-state index contributed by atoms with van der Waals surface area (Å²) < 4.78 is 23.0. The maximum atomic E-state index is 13.7. The Morgan fingerprint density at radius 1 is 0.953 bits per heavy atom. The Bertz CT molecular complexity index is 1770. The third-order valence-electron chi connectivity index (χ3n) is 7.73. The second kappa shape index (κ2) is 11.8. The summed E-state index contributed by atoms with van der Waals surface area (Å²) in [6.45, 7) is 7.86.